The Morgan fingerprint density at radius 2 is 1.59 bits per heavy atom. The first-order valence-electron chi connectivity index (χ1n) is 9.79. The van der Waals surface area contributed by atoms with Gasteiger partial charge in [0.1, 0.15) is 0 Å². The molecule has 1 atom stereocenters. The van der Waals surface area contributed by atoms with Gasteiger partial charge >= 0.3 is 0 Å². The largest absolute Gasteiger partial charge is 0.361 e. The van der Waals surface area contributed by atoms with Gasteiger partial charge < -0.3 is 5.32 Å². The second-order valence-electron chi connectivity index (χ2n) is 7.73. The molecule has 0 bridgehead atoms. The van der Waals surface area contributed by atoms with Crippen LogP contribution in [0.2, 0.25) is 0 Å². The van der Waals surface area contributed by atoms with Crippen LogP contribution in [0.15, 0.2) is 48.5 Å². The van der Waals surface area contributed by atoms with Gasteiger partial charge in [-0.05, 0) is 47.9 Å². The third kappa shape index (κ3) is 4.78. The van der Waals surface area contributed by atoms with Crippen molar-refractivity contribution in [2.45, 2.75) is 52.9 Å². The van der Waals surface area contributed by atoms with Gasteiger partial charge in [-0.15, -0.1) is 11.3 Å². The molecule has 1 aromatic heterocycles. The summed E-state index contributed by atoms with van der Waals surface area (Å²) in [4.78, 5) is 6.30. The zero-order valence-corrected chi connectivity index (χ0v) is 17.9. The molecule has 0 fully saturated rings. The molecule has 0 aliphatic heterocycles. The molecular weight excluding hydrogens is 348 g/mol. The van der Waals surface area contributed by atoms with Gasteiger partial charge in [-0.3, -0.25) is 0 Å². The first-order valence-corrected chi connectivity index (χ1v) is 10.6. The maximum atomic E-state index is 4.92. The van der Waals surface area contributed by atoms with E-state index in [0.717, 1.165) is 18.1 Å². The maximum Gasteiger partial charge on any atom is 0.183 e. The molecule has 142 valence electrons. The van der Waals surface area contributed by atoms with Crippen LogP contribution >= 0.6 is 11.3 Å². The molecule has 3 rings (SSSR count). The molecular formula is C24H30N2S. The van der Waals surface area contributed by atoms with Gasteiger partial charge in [0.05, 0.1) is 5.69 Å². The van der Waals surface area contributed by atoms with E-state index in [0.29, 0.717) is 11.8 Å². The van der Waals surface area contributed by atoms with Crippen LogP contribution in [0, 0.1) is 13.8 Å². The molecule has 0 aliphatic carbocycles. The summed E-state index contributed by atoms with van der Waals surface area (Å²) in [6, 6.07) is 17.2. The fraction of sp³-hybridized carbons (Fsp3) is 0.375. The summed E-state index contributed by atoms with van der Waals surface area (Å²) in [5.74, 6) is 0.890. The van der Waals surface area contributed by atoms with E-state index in [1.807, 2.05) is 0 Å². The molecule has 0 aliphatic rings. The minimum Gasteiger partial charge on any atom is -0.361 e. The Bertz CT molecular complexity index is 860. The first-order chi connectivity index (χ1) is 13.0. The molecule has 1 unspecified atom stereocenters. The quantitative estimate of drug-likeness (QED) is 0.495. The highest BCUT2D eigenvalue weighted by molar-refractivity contribution is 7.15. The first kappa shape index (κ1) is 19.6. The summed E-state index contributed by atoms with van der Waals surface area (Å²) >= 11 is 1.81. The third-order valence-corrected chi connectivity index (χ3v) is 6.11. The van der Waals surface area contributed by atoms with Gasteiger partial charge in [0.2, 0.25) is 0 Å². The molecule has 0 saturated carbocycles. The Balaban J connectivity index is 1.74. The zero-order valence-electron chi connectivity index (χ0n) is 17.0. The summed E-state index contributed by atoms with van der Waals surface area (Å²) in [7, 11) is 0. The van der Waals surface area contributed by atoms with Gasteiger partial charge in [-0.2, -0.15) is 0 Å². The van der Waals surface area contributed by atoms with Crippen molar-refractivity contribution in [2.24, 2.45) is 0 Å². The molecule has 2 aromatic carbocycles. The number of aromatic nitrogens is 1. The van der Waals surface area contributed by atoms with Crippen LogP contribution < -0.4 is 5.32 Å². The monoisotopic (exact) mass is 378 g/mol. The molecule has 0 saturated heterocycles. The Labute approximate surface area is 167 Å². The number of hydrogen-bond donors (Lipinski definition) is 1. The van der Waals surface area contributed by atoms with E-state index in [9.17, 15) is 0 Å². The van der Waals surface area contributed by atoms with Crippen LogP contribution in [0.4, 0.5) is 5.13 Å². The standard InChI is InChI=1S/C24H30N2S/c1-16(2)23-21(14-20-12-7-6-8-13-20)27-24(26-23)25-15-19(5)22-17(3)10-9-11-18(22)4/h6-13,16,19H,14-15H2,1-5H3,(H,25,26). The number of thiazole rings is 1. The Morgan fingerprint density at radius 1 is 0.926 bits per heavy atom. The number of benzene rings is 2. The normalized spacial score (nSPS) is 12.4. The second kappa shape index (κ2) is 8.71. The van der Waals surface area contributed by atoms with E-state index in [1.165, 1.54) is 32.8 Å². The third-order valence-electron chi connectivity index (χ3n) is 5.08. The molecule has 3 heteroatoms. The summed E-state index contributed by atoms with van der Waals surface area (Å²) < 4.78 is 0. The lowest BCUT2D eigenvalue weighted by atomic mass is 9.92. The highest BCUT2D eigenvalue weighted by Crippen LogP contribution is 2.31. The molecule has 0 spiro atoms. The van der Waals surface area contributed by atoms with Crippen LogP contribution in [-0.4, -0.2) is 11.5 Å². The van der Waals surface area contributed by atoms with Crippen LogP contribution in [0.5, 0.6) is 0 Å². The summed E-state index contributed by atoms with van der Waals surface area (Å²) in [6.45, 7) is 12.1. The van der Waals surface area contributed by atoms with Crippen molar-refractivity contribution in [2.75, 3.05) is 11.9 Å². The second-order valence-corrected chi connectivity index (χ2v) is 8.82. The fourth-order valence-electron chi connectivity index (χ4n) is 3.75. The van der Waals surface area contributed by atoms with Gasteiger partial charge in [-0.1, -0.05) is 69.3 Å². The average molecular weight is 379 g/mol. The molecule has 1 N–H and O–H groups in total. The van der Waals surface area contributed by atoms with Crippen molar-refractivity contribution in [3.63, 3.8) is 0 Å². The van der Waals surface area contributed by atoms with Crippen LogP contribution in [0.1, 0.15) is 65.4 Å². The van der Waals surface area contributed by atoms with Crippen LogP contribution in [0.25, 0.3) is 0 Å². The minimum absolute atomic E-state index is 0.437. The van der Waals surface area contributed by atoms with Crippen molar-refractivity contribution in [3.05, 3.63) is 81.4 Å². The number of anilines is 1. The Hall–Kier alpha value is -2.13. The molecule has 0 amide bonds. The van der Waals surface area contributed by atoms with Gasteiger partial charge in [0.15, 0.2) is 5.13 Å². The molecule has 27 heavy (non-hydrogen) atoms. The summed E-state index contributed by atoms with van der Waals surface area (Å²) in [5.41, 5.74) is 6.77. The predicted molar refractivity (Wildman–Crippen MR) is 118 cm³/mol. The highest BCUT2D eigenvalue weighted by Gasteiger charge is 2.16. The van der Waals surface area contributed by atoms with Gasteiger partial charge in [-0.25, -0.2) is 4.98 Å². The van der Waals surface area contributed by atoms with E-state index in [2.05, 4.69) is 88.5 Å². The number of rotatable bonds is 7. The Morgan fingerprint density at radius 3 is 2.22 bits per heavy atom. The van der Waals surface area contributed by atoms with Crippen LogP contribution in [0.3, 0.4) is 0 Å². The van der Waals surface area contributed by atoms with Gasteiger partial charge in [0.25, 0.3) is 0 Å². The average Bonchev–Trinajstić information content (AvgIpc) is 3.04. The van der Waals surface area contributed by atoms with Crippen molar-refractivity contribution >= 4 is 16.5 Å². The number of aryl methyl sites for hydroxylation is 2. The van der Waals surface area contributed by atoms with Crippen LogP contribution in [-0.2, 0) is 6.42 Å². The molecule has 2 nitrogen and oxygen atoms in total. The lowest BCUT2D eigenvalue weighted by Crippen LogP contribution is -2.12. The topological polar surface area (TPSA) is 24.9 Å². The smallest absolute Gasteiger partial charge is 0.183 e. The maximum absolute atomic E-state index is 4.92. The lowest BCUT2D eigenvalue weighted by molar-refractivity contribution is 0.784. The number of nitrogens with one attached hydrogen (secondary N) is 1. The lowest BCUT2D eigenvalue weighted by Gasteiger charge is -2.17. The van der Waals surface area contributed by atoms with E-state index in [1.54, 1.807) is 11.3 Å². The van der Waals surface area contributed by atoms with Crippen molar-refractivity contribution in [3.8, 4) is 0 Å². The van der Waals surface area contributed by atoms with Crippen molar-refractivity contribution in [1.29, 1.82) is 0 Å². The Kier molecular flexibility index (Phi) is 6.33. The van der Waals surface area contributed by atoms with E-state index >= 15 is 0 Å². The van der Waals surface area contributed by atoms with E-state index in [-0.39, 0.29) is 0 Å². The summed E-state index contributed by atoms with van der Waals surface area (Å²) in [5, 5.41) is 4.65. The molecule has 0 radical (unpaired) electrons. The highest BCUT2D eigenvalue weighted by atomic mass is 32.1. The number of nitrogens with zero attached hydrogens (tertiary/aromatic N) is 1. The van der Waals surface area contributed by atoms with E-state index in [4.69, 9.17) is 4.98 Å². The fourth-order valence-corrected chi connectivity index (χ4v) is 4.90. The summed E-state index contributed by atoms with van der Waals surface area (Å²) in [6.07, 6.45) is 0.958. The number of hydrogen-bond acceptors (Lipinski definition) is 3. The zero-order chi connectivity index (χ0) is 19.4. The predicted octanol–water partition coefficient (Wildman–Crippen LogP) is 6.69. The SMILES string of the molecule is Cc1cccc(C)c1C(C)CNc1nc(C(C)C)c(Cc2ccccc2)s1. The molecule has 1 heterocycles. The molecule has 3 aromatic rings. The van der Waals surface area contributed by atoms with Gasteiger partial charge in [0, 0.05) is 17.8 Å². The van der Waals surface area contributed by atoms with Crippen molar-refractivity contribution in [1.82, 2.24) is 4.98 Å². The van der Waals surface area contributed by atoms with E-state index < -0.39 is 0 Å². The van der Waals surface area contributed by atoms with Crippen molar-refractivity contribution < 1.29 is 0 Å². The minimum atomic E-state index is 0.437.